The van der Waals surface area contributed by atoms with Gasteiger partial charge in [0, 0.05) is 6.04 Å². The number of rotatable bonds is 7. The van der Waals surface area contributed by atoms with Gasteiger partial charge in [-0.15, -0.1) is 0 Å². The van der Waals surface area contributed by atoms with E-state index in [-0.39, 0.29) is 18.6 Å². The van der Waals surface area contributed by atoms with Crippen molar-refractivity contribution in [2.24, 2.45) is 23.2 Å². The molecule has 0 heterocycles. The summed E-state index contributed by atoms with van der Waals surface area (Å²) in [5, 5.41) is 3.28. The molecule has 0 aliphatic heterocycles. The van der Waals surface area contributed by atoms with E-state index in [0.29, 0.717) is 11.3 Å². The minimum Gasteiger partial charge on any atom is -0.484 e. The van der Waals surface area contributed by atoms with Gasteiger partial charge in [-0.3, -0.25) is 4.79 Å². The van der Waals surface area contributed by atoms with E-state index in [9.17, 15) is 4.79 Å². The van der Waals surface area contributed by atoms with Gasteiger partial charge in [0.1, 0.15) is 5.75 Å². The van der Waals surface area contributed by atoms with Crippen LogP contribution in [0.25, 0.3) is 0 Å². The van der Waals surface area contributed by atoms with Gasteiger partial charge in [-0.25, -0.2) is 0 Å². The van der Waals surface area contributed by atoms with E-state index in [1.807, 2.05) is 12.1 Å². The highest BCUT2D eigenvalue weighted by molar-refractivity contribution is 5.77. The Hall–Kier alpha value is -1.51. The van der Waals surface area contributed by atoms with Gasteiger partial charge < -0.3 is 10.1 Å². The first kappa shape index (κ1) is 18.8. The summed E-state index contributed by atoms with van der Waals surface area (Å²) in [4.78, 5) is 12.5. The second kappa shape index (κ2) is 7.48. The topological polar surface area (TPSA) is 38.3 Å². The molecular formula is C24H35NO2. The van der Waals surface area contributed by atoms with Crippen molar-refractivity contribution in [3.05, 3.63) is 29.8 Å². The van der Waals surface area contributed by atoms with Crippen LogP contribution in [0.4, 0.5) is 0 Å². The molecule has 1 aromatic rings. The van der Waals surface area contributed by atoms with Gasteiger partial charge in [0.15, 0.2) is 6.61 Å². The van der Waals surface area contributed by atoms with Crippen molar-refractivity contribution in [2.45, 2.75) is 77.7 Å². The zero-order valence-corrected chi connectivity index (χ0v) is 17.2. The molecule has 4 bridgehead atoms. The molecule has 3 heteroatoms. The fourth-order valence-corrected chi connectivity index (χ4v) is 6.42. The first-order chi connectivity index (χ1) is 13.0. The second-order valence-corrected chi connectivity index (χ2v) is 9.74. The molecule has 1 N–H and O–H groups in total. The summed E-state index contributed by atoms with van der Waals surface area (Å²) < 4.78 is 5.74. The Balaban J connectivity index is 1.29. The van der Waals surface area contributed by atoms with Crippen LogP contribution in [-0.4, -0.2) is 18.6 Å². The van der Waals surface area contributed by atoms with Crippen LogP contribution in [0, 0.1) is 23.2 Å². The summed E-state index contributed by atoms with van der Waals surface area (Å²) in [5.41, 5.74) is 1.67. The fourth-order valence-electron chi connectivity index (χ4n) is 6.42. The van der Waals surface area contributed by atoms with Gasteiger partial charge >= 0.3 is 0 Å². The van der Waals surface area contributed by atoms with Crippen molar-refractivity contribution in [3.63, 3.8) is 0 Å². The molecule has 0 radical (unpaired) electrons. The molecule has 2 atom stereocenters. The minimum atomic E-state index is 0.0178. The van der Waals surface area contributed by atoms with E-state index in [1.165, 1.54) is 44.1 Å². The number of amides is 1. The molecule has 148 valence electrons. The van der Waals surface area contributed by atoms with E-state index >= 15 is 0 Å². The number of carbonyl (C=O) groups is 1. The molecule has 0 aromatic heterocycles. The third-order valence-electron chi connectivity index (χ3n) is 7.81. The Morgan fingerprint density at radius 3 is 2.15 bits per heavy atom. The number of hydrogen-bond acceptors (Lipinski definition) is 2. The summed E-state index contributed by atoms with van der Waals surface area (Å²) in [6.07, 6.45) is 9.40. The van der Waals surface area contributed by atoms with Crippen LogP contribution in [0.2, 0.25) is 0 Å². The highest BCUT2D eigenvalue weighted by atomic mass is 16.5. The van der Waals surface area contributed by atoms with Gasteiger partial charge in [0.05, 0.1) is 0 Å². The van der Waals surface area contributed by atoms with Gasteiger partial charge in [0.25, 0.3) is 5.91 Å². The molecule has 0 spiro atoms. The smallest absolute Gasteiger partial charge is 0.258 e. The maximum atomic E-state index is 12.5. The summed E-state index contributed by atoms with van der Waals surface area (Å²) in [5.74, 6) is 4.09. The molecular weight excluding hydrogens is 334 g/mol. The molecule has 4 saturated carbocycles. The van der Waals surface area contributed by atoms with Gasteiger partial charge in [-0.05, 0) is 98.7 Å². The SMILES string of the molecule is CC[C@H](C)c1ccc(OCC(=O)N[C@@H](C)C23CC4CC(CC(C4)C2)C3)cc1. The average molecular weight is 370 g/mol. The number of benzene rings is 1. The lowest BCUT2D eigenvalue weighted by Gasteiger charge is -2.59. The molecule has 27 heavy (non-hydrogen) atoms. The zero-order chi connectivity index (χ0) is 19.0. The lowest BCUT2D eigenvalue weighted by atomic mass is 9.48. The largest absolute Gasteiger partial charge is 0.484 e. The van der Waals surface area contributed by atoms with Crippen molar-refractivity contribution >= 4 is 5.91 Å². The molecule has 1 aromatic carbocycles. The minimum absolute atomic E-state index is 0.0178. The van der Waals surface area contributed by atoms with Crippen molar-refractivity contribution in [2.75, 3.05) is 6.61 Å². The monoisotopic (exact) mass is 369 g/mol. The maximum absolute atomic E-state index is 12.5. The van der Waals surface area contributed by atoms with Crippen LogP contribution in [0.3, 0.4) is 0 Å². The van der Waals surface area contributed by atoms with Crippen LogP contribution in [0.5, 0.6) is 5.75 Å². The first-order valence-electron chi connectivity index (χ1n) is 11.0. The van der Waals surface area contributed by atoms with Crippen LogP contribution in [0.15, 0.2) is 24.3 Å². The molecule has 3 nitrogen and oxygen atoms in total. The van der Waals surface area contributed by atoms with Crippen LogP contribution in [0.1, 0.15) is 77.2 Å². The number of ether oxygens (including phenoxy) is 1. The quantitative estimate of drug-likeness (QED) is 0.708. The number of nitrogens with one attached hydrogen (secondary N) is 1. The standard InChI is InChI=1S/C24H35NO2/c1-4-16(2)21-5-7-22(8-6-21)27-15-23(26)25-17(3)24-12-18-9-19(13-24)11-20(10-18)14-24/h5-8,16-20H,4,9-15H2,1-3H3,(H,25,26)/t16-,17-,18?,19?,20?,24?/m0/s1. The lowest BCUT2D eigenvalue weighted by molar-refractivity contribution is -0.127. The summed E-state index contributed by atoms with van der Waals surface area (Å²) in [6, 6.07) is 8.45. The number of hydrogen-bond donors (Lipinski definition) is 1. The van der Waals surface area contributed by atoms with Crippen molar-refractivity contribution in [3.8, 4) is 5.75 Å². The van der Waals surface area contributed by atoms with Crippen molar-refractivity contribution in [1.82, 2.24) is 5.32 Å². The Labute approximate surface area is 164 Å². The van der Waals surface area contributed by atoms with E-state index < -0.39 is 0 Å². The van der Waals surface area contributed by atoms with Crippen LogP contribution < -0.4 is 10.1 Å². The van der Waals surface area contributed by atoms with Gasteiger partial charge in [-0.2, -0.15) is 0 Å². The summed E-state index contributed by atoms with van der Waals surface area (Å²) in [6.45, 7) is 6.77. The van der Waals surface area contributed by atoms with Gasteiger partial charge in [-0.1, -0.05) is 26.0 Å². The predicted octanol–water partition coefficient (Wildman–Crippen LogP) is 5.30. The Kier molecular flexibility index (Phi) is 5.22. The molecule has 5 rings (SSSR count). The molecule has 0 saturated heterocycles. The van der Waals surface area contributed by atoms with Crippen molar-refractivity contribution < 1.29 is 9.53 Å². The molecule has 0 unspecified atom stereocenters. The molecule has 4 aliphatic carbocycles. The van der Waals surface area contributed by atoms with Crippen LogP contribution >= 0.6 is 0 Å². The van der Waals surface area contributed by atoms with E-state index in [2.05, 4.69) is 38.2 Å². The van der Waals surface area contributed by atoms with E-state index in [4.69, 9.17) is 4.74 Å². The highest BCUT2D eigenvalue weighted by Crippen LogP contribution is 2.61. The molecule has 4 fully saturated rings. The lowest BCUT2D eigenvalue weighted by Crippen LogP contribution is -2.56. The van der Waals surface area contributed by atoms with E-state index in [1.54, 1.807) is 0 Å². The molecule has 4 aliphatic rings. The van der Waals surface area contributed by atoms with Gasteiger partial charge in [0.2, 0.25) is 0 Å². The first-order valence-corrected chi connectivity index (χ1v) is 11.0. The maximum Gasteiger partial charge on any atom is 0.258 e. The second-order valence-electron chi connectivity index (χ2n) is 9.74. The average Bonchev–Trinajstić information content (AvgIpc) is 2.65. The fraction of sp³-hybridized carbons (Fsp3) is 0.708. The van der Waals surface area contributed by atoms with E-state index in [0.717, 1.165) is 29.9 Å². The summed E-state index contributed by atoms with van der Waals surface area (Å²) in [7, 11) is 0. The predicted molar refractivity (Wildman–Crippen MR) is 109 cm³/mol. The third-order valence-corrected chi connectivity index (χ3v) is 7.81. The Bertz CT molecular complexity index is 630. The summed E-state index contributed by atoms with van der Waals surface area (Å²) >= 11 is 0. The third kappa shape index (κ3) is 3.88. The normalized spacial score (nSPS) is 33.5. The Morgan fingerprint density at radius 1 is 1.07 bits per heavy atom. The molecule has 1 amide bonds. The number of carbonyl (C=O) groups excluding carboxylic acids is 1. The highest BCUT2D eigenvalue weighted by Gasteiger charge is 2.53. The Morgan fingerprint density at radius 2 is 1.63 bits per heavy atom. The van der Waals surface area contributed by atoms with Crippen LogP contribution in [-0.2, 0) is 4.79 Å². The zero-order valence-electron chi connectivity index (χ0n) is 17.2. The van der Waals surface area contributed by atoms with Crippen molar-refractivity contribution in [1.29, 1.82) is 0 Å².